The highest BCUT2D eigenvalue weighted by Crippen LogP contribution is 2.38. The van der Waals surface area contributed by atoms with Crippen LogP contribution in [0.4, 0.5) is 11.5 Å². The van der Waals surface area contributed by atoms with Crippen LogP contribution in [0.2, 0.25) is 0 Å². The molecular formula is C19H17N7O2S. The van der Waals surface area contributed by atoms with Crippen molar-refractivity contribution in [3.63, 3.8) is 0 Å². The highest BCUT2D eigenvalue weighted by Gasteiger charge is 2.24. The van der Waals surface area contributed by atoms with Gasteiger partial charge in [-0.05, 0) is 18.6 Å². The smallest absolute Gasteiger partial charge is 0.343 e. The van der Waals surface area contributed by atoms with Crippen LogP contribution in [0, 0.1) is 10.1 Å². The van der Waals surface area contributed by atoms with Gasteiger partial charge in [-0.3, -0.25) is 15.1 Å². The van der Waals surface area contributed by atoms with Crippen molar-refractivity contribution in [2.24, 2.45) is 0 Å². The van der Waals surface area contributed by atoms with Crippen LogP contribution in [0.15, 0.2) is 71.5 Å². The third-order valence-corrected chi connectivity index (χ3v) is 5.26. The molecule has 0 atom stereocenters. The van der Waals surface area contributed by atoms with Gasteiger partial charge < -0.3 is 9.88 Å². The van der Waals surface area contributed by atoms with Crippen LogP contribution in [0.3, 0.4) is 0 Å². The van der Waals surface area contributed by atoms with E-state index in [1.54, 1.807) is 18.7 Å². The van der Waals surface area contributed by atoms with E-state index in [4.69, 9.17) is 0 Å². The van der Waals surface area contributed by atoms with Gasteiger partial charge in [0.05, 0.1) is 16.8 Å². The third-order valence-electron chi connectivity index (χ3n) is 4.22. The average Bonchev–Trinajstić information content (AvgIpc) is 3.25. The summed E-state index contributed by atoms with van der Waals surface area (Å²) in [6.45, 7) is 1.30. The van der Waals surface area contributed by atoms with E-state index >= 15 is 0 Å². The summed E-state index contributed by atoms with van der Waals surface area (Å²) in [5.41, 5.74) is 0.649. The summed E-state index contributed by atoms with van der Waals surface area (Å²) < 4.78 is 1.95. The first kappa shape index (κ1) is 18.8. The van der Waals surface area contributed by atoms with Crippen molar-refractivity contribution < 1.29 is 4.92 Å². The van der Waals surface area contributed by atoms with Crippen molar-refractivity contribution in [2.75, 3.05) is 11.9 Å². The Labute approximate surface area is 170 Å². The van der Waals surface area contributed by atoms with Crippen molar-refractivity contribution in [3.8, 4) is 0 Å². The maximum absolute atomic E-state index is 11.8. The van der Waals surface area contributed by atoms with Crippen LogP contribution in [-0.2, 0) is 6.54 Å². The van der Waals surface area contributed by atoms with Crippen molar-refractivity contribution >= 4 is 34.2 Å². The normalized spacial score (nSPS) is 10.9. The van der Waals surface area contributed by atoms with E-state index in [9.17, 15) is 10.1 Å². The summed E-state index contributed by atoms with van der Waals surface area (Å²) in [5, 5.41) is 16.1. The summed E-state index contributed by atoms with van der Waals surface area (Å²) in [7, 11) is 0. The van der Waals surface area contributed by atoms with Crippen LogP contribution in [0.25, 0.3) is 10.9 Å². The molecule has 0 fully saturated rings. The molecule has 0 radical (unpaired) electrons. The predicted octanol–water partition coefficient (Wildman–Crippen LogP) is 3.78. The quantitative estimate of drug-likeness (QED) is 0.203. The van der Waals surface area contributed by atoms with E-state index in [1.807, 2.05) is 41.1 Å². The summed E-state index contributed by atoms with van der Waals surface area (Å²) in [5.74, 6) is 0.214. The molecule has 0 aliphatic rings. The SMILES string of the molecule is O=[N+]([O-])c1c(NCCCn2ccnc2)ncnc1Sc1cccc2cccnc12. The molecule has 0 unspecified atom stereocenters. The summed E-state index contributed by atoms with van der Waals surface area (Å²) in [6.07, 6.45) is 9.14. The van der Waals surface area contributed by atoms with Crippen LogP contribution in [0.1, 0.15) is 6.42 Å². The Morgan fingerprint density at radius 1 is 1.14 bits per heavy atom. The number of imidazole rings is 1. The van der Waals surface area contributed by atoms with Crippen LogP contribution >= 0.6 is 11.8 Å². The minimum atomic E-state index is -0.445. The number of aryl methyl sites for hydroxylation is 1. The molecule has 4 rings (SSSR count). The molecule has 0 bridgehead atoms. The number of fused-ring (bicyclic) bond motifs is 1. The minimum absolute atomic E-state index is 0.131. The fraction of sp³-hybridized carbons (Fsp3) is 0.158. The van der Waals surface area contributed by atoms with Crippen molar-refractivity contribution in [3.05, 3.63) is 71.7 Å². The lowest BCUT2D eigenvalue weighted by Crippen LogP contribution is -2.10. The fourth-order valence-corrected chi connectivity index (χ4v) is 3.87. The van der Waals surface area contributed by atoms with Gasteiger partial charge in [-0.1, -0.05) is 30.0 Å². The standard InChI is InChI=1S/C19H17N7O2S/c27-26(28)17-18(22-8-3-10-25-11-9-20-13-25)23-12-24-19(17)29-15-6-1-4-14-5-2-7-21-16(14)15/h1-2,4-7,9,11-13H,3,8,10H2,(H,22,23,24). The average molecular weight is 407 g/mol. The number of nitro groups is 1. The number of rotatable bonds is 8. The molecule has 10 heteroatoms. The molecule has 0 saturated heterocycles. The first-order valence-corrected chi connectivity index (χ1v) is 9.74. The molecule has 3 heterocycles. The number of aromatic nitrogens is 5. The van der Waals surface area contributed by atoms with Gasteiger partial charge in [-0.25, -0.2) is 15.0 Å². The second-order valence-corrected chi connectivity index (χ2v) is 7.18. The Morgan fingerprint density at radius 2 is 2.03 bits per heavy atom. The Balaban J connectivity index is 1.55. The van der Waals surface area contributed by atoms with E-state index in [0.29, 0.717) is 6.54 Å². The third kappa shape index (κ3) is 4.32. The number of pyridine rings is 1. The second kappa shape index (κ2) is 8.65. The van der Waals surface area contributed by atoms with Crippen molar-refractivity contribution in [2.45, 2.75) is 22.9 Å². The number of hydrogen-bond acceptors (Lipinski definition) is 8. The largest absolute Gasteiger partial charge is 0.364 e. The molecule has 0 saturated carbocycles. The highest BCUT2D eigenvalue weighted by atomic mass is 32.2. The zero-order valence-corrected chi connectivity index (χ0v) is 16.1. The van der Waals surface area contributed by atoms with Crippen LogP contribution in [-0.4, -0.2) is 36.0 Å². The second-order valence-electron chi connectivity index (χ2n) is 6.15. The number of para-hydroxylation sites is 1. The molecule has 146 valence electrons. The molecule has 0 spiro atoms. The maximum atomic E-state index is 11.8. The molecule has 29 heavy (non-hydrogen) atoms. The Bertz CT molecular complexity index is 1130. The van der Waals surface area contributed by atoms with E-state index < -0.39 is 4.92 Å². The summed E-state index contributed by atoms with van der Waals surface area (Å²) >= 11 is 1.22. The van der Waals surface area contributed by atoms with E-state index in [1.165, 1.54) is 18.1 Å². The fourth-order valence-electron chi connectivity index (χ4n) is 2.88. The summed E-state index contributed by atoms with van der Waals surface area (Å²) in [4.78, 5) is 28.8. The highest BCUT2D eigenvalue weighted by molar-refractivity contribution is 7.99. The van der Waals surface area contributed by atoms with Gasteiger partial charge in [0, 0.05) is 42.0 Å². The van der Waals surface area contributed by atoms with Gasteiger partial charge in [0.25, 0.3) is 0 Å². The minimum Gasteiger partial charge on any atom is -0.364 e. The first-order chi connectivity index (χ1) is 14.2. The lowest BCUT2D eigenvalue weighted by Gasteiger charge is -2.09. The number of benzene rings is 1. The van der Waals surface area contributed by atoms with Crippen molar-refractivity contribution in [1.29, 1.82) is 0 Å². The van der Waals surface area contributed by atoms with Gasteiger partial charge >= 0.3 is 5.69 Å². The molecule has 0 aliphatic carbocycles. The topological polar surface area (TPSA) is 112 Å². The van der Waals surface area contributed by atoms with Gasteiger partial charge in [0.15, 0.2) is 5.03 Å². The monoisotopic (exact) mass is 407 g/mol. The molecule has 1 N–H and O–H groups in total. The van der Waals surface area contributed by atoms with E-state index in [0.717, 1.165) is 28.8 Å². The van der Waals surface area contributed by atoms with Gasteiger partial charge in [-0.15, -0.1) is 0 Å². The molecule has 3 aromatic heterocycles. The molecular weight excluding hydrogens is 390 g/mol. The first-order valence-electron chi connectivity index (χ1n) is 8.93. The number of anilines is 1. The molecule has 1 aromatic carbocycles. The molecule has 0 amide bonds. The molecule has 9 nitrogen and oxygen atoms in total. The molecule has 4 aromatic rings. The zero-order chi connectivity index (χ0) is 20.1. The lowest BCUT2D eigenvalue weighted by atomic mass is 10.2. The Kier molecular flexibility index (Phi) is 5.61. The van der Waals surface area contributed by atoms with Crippen molar-refractivity contribution in [1.82, 2.24) is 24.5 Å². The zero-order valence-electron chi connectivity index (χ0n) is 15.3. The maximum Gasteiger partial charge on any atom is 0.343 e. The number of nitrogens with one attached hydrogen (secondary N) is 1. The molecule has 0 aliphatic heterocycles. The van der Waals surface area contributed by atoms with E-state index in [-0.39, 0.29) is 16.5 Å². The lowest BCUT2D eigenvalue weighted by molar-refractivity contribution is -0.387. The van der Waals surface area contributed by atoms with Crippen LogP contribution < -0.4 is 5.32 Å². The Hall–Kier alpha value is -3.53. The predicted molar refractivity (Wildman–Crippen MR) is 110 cm³/mol. The Morgan fingerprint density at radius 3 is 2.86 bits per heavy atom. The number of hydrogen-bond donors (Lipinski definition) is 1. The van der Waals surface area contributed by atoms with Gasteiger partial charge in [0.2, 0.25) is 5.82 Å². The van der Waals surface area contributed by atoms with E-state index in [2.05, 4.69) is 25.3 Å². The number of nitrogens with zero attached hydrogens (tertiary/aromatic N) is 6. The van der Waals surface area contributed by atoms with Gasteiger partial charge in [0.1, 0.15) is 6.33 Å². The van der Waals surface area contributed by atoms with Crippen LogP contribution in [0.5, 0.6) is 0 Å². The van der Waals surface area contributed by atoms with Gasteiger partial charge in [-0.2, -0.15) is 0 Å². The summed E-state index contributed by atoms with van der Waals surface area (Å²) in [6, 6.07) is 9.54.